The summed E-state index contributed by atoms with van der Waals surface area (Å²) in [5, 5.41) is 13.5. The van der Waals surface area contributed by atoms with Crippen molar-refractivity contribution in [2.45, 2.75) is 39.0 Å². The van der Waals surface area contributed by atoms with Crippen molar-refractivity contribution in [2.24, 2.45) is 5.92 Å². The van der Waals surface area contributed by atoms with E-state index in [2.05, 4.69) is 10.6 Å². The second-order valence-corrected chi connectivity index (χ2v) is 4.41. The molecule has 96 valence electrons. The zero-order valence-electron chi connectivity index (χ0n) is 10.2. The molecule has 0 unspecified atom stereocenters. The number of rotatable bonds is 5. The zero-order valence-corrected chi connectivity index (χ0v) is 10.2. The second-order valence-electron chi connectivity index (χ2n) is 4.41. The highest BCUT2D eigenvalue weighted by atomic mass is 16.4. The fourth-order valence-corrected chi connectivity index (χ4v) is 2.01. The molecule has 0 aliphatic heterocycles. The Bertz CT molecular complexity index is 307. The van der Waals surface area contributed by atoms with Crippen LogP contribution in [-0.4, -0.2) is 23.7 Å². The molecule has 0 bridgehead atoms. The van der Waals surface area contributed by atoms with E-state index in [1.54, 1.807) is 6.20 Å². The number of carboxylic acid groups (broad SMARTS) is 1. The molecular formula is C12H20N2O3. The molecule has 5 nitrogen and oxygen atoms in total. The van der Waals surface area contributed by atoms with E-state index < -0.39 is 5.97 Å². The van der Waals surface area contributed by atoms with Crippen LogP contribution in [0, 0.1) is 5.92 Å². The van der Waals surface area contributed by atoms with Crippen LogP contribution in [0.1, 0.15) is 39.0 Å². The summed E-state index contributed by atoms with van der Waals surface area (Å²) in [6.07, 6.45) is 6.60. The fourth-order valence-electron chi connectivity index (χ4n) is 2.01. The summed E-state index contributed by atoms with van der Waals surface area (Å²) in [6, 6.07) is -0.344. The van der Waals surface area contributed by atoms with E-state index in [0.29, 0.717) is 5.92 Å². The van der Waals surface area contributed by atoms with Gasteiger partial charge in [0.25, 0.3) is 0 Å². The largest absolute Gasteiger partial charge is 0.481 e. The quantitative estimate of drug-likeness (QED) is 0.686. The summed E-state index contributed by atoms with van der Waals surface area (Å²) in [5.41, 5.74) is 1.19. The highest BCUT2D eigenvalue weighted by Crippen LogP contribution is 2.30. The molecule has 1 saturated carbocycles. The summed E-state index contributed by atoms with van der Waals surface area (Å²) >= 11 is 0. The predicted molar refractivity (Wildman–Crippen MR) is 64.5 cm³/mol. The Morgan fingerprint density at radius 1 is 1.35 bits per heavy atom. The topological polar surface area (TPSA) is 78.4 Å². The van der Waals surface area contributed by atoms with Crippen molar-refractivity contribution >= 4 is 12.0 Å². The number of aliphatic carboxylic acids is 1. The van der Waals surface area contributed by atoms with Crippen molar-refractivity contribution in [1.29, 1.82) is 0 Å². The van der Waals surface area contributed by atoms with Gasteiger partial charge in [-0.2, -0.15) is 0 Å². The smallest absolute Gasteiger partial charge is 0.318 e. The van der Waals surface area contributed by atoms with Crippen molar-refractivity contribution in [3.05, 3.63) is 11.8 Å². The van der Waals surface area contributed by atoms with Gasteiger partial charge in [-0.15, -0.1) is 0 Å². The highest BCUT2D eigenvalue weighted by molar-refractivity contribution is 5.75. The summed E-state index contributed by atoms with van der Waals surface area (Å²) in [6.45, 7) is 2.17. The van der Waals surface area contributed by atoms with Gasteiger partial charge in [0.2, 0.25) is 0 Å². The van der Waals surface area contributed by atoms with Crippen LogP contribution in [0.25, 0.3) is 0 Å². The summed E-state index contributed by atoms with van der Waals surface area (Å²) in [4.78, 5) is 21.5. The third kappa shape index (κ3) is 5.38. The van der Waals surface area contributed by atoms with Gasteiger partial charge < -0.3 is 15.7 Å². The summed E-state index contributed by atoms with van der Waals surface area (Å²) in [7, 11) is 0. The van der Waals surface area contributed by atoms with Gasteiger partial charge in [0.05, 0.1) is 6.42 Å². The number of carboxylic acids is 1. The lowest BCUT2D eigenvalue weighted by Crippen LogP contribution is -2.34. The lowest BCUT2D eigenvalue weighted by Gasteiger charge is -2.10. The first-order valence-electron chi connectivity index (χ1n) is 6.02. The molecule has 1 aliphatic carbocycles. The maximum absolute atomic E-state index is 11.3. The number of urea groups is 1. The van der Waals surface area contributed by atoms with Gasteiger partial charge in [-0.25, -0.2) is 4.79 Å². The molecule has 0 radical (unpaired) electrons. The molecule has 1 aliphatic rings. The van der Waals surface area contributed by atoms with Gasteiger partial charge in [-0.05, 0) is 25.7 Å². The minimum atomic E-state index is -0.914. The van der Waals surface area contributed by atoms with Crippen LogP contribution >= 0.6 is 0 Å². The molecule has 3 N–H and O–H groups in total. The summed E-state index contributed by atoms with van der Waals surface area (Å²) in [5.74, 6) is -0.322. The molecule has 0 atom stereocenters. The monoisotopic (exact) mass is 240 g/mol. The molecule has 0 saturated heterocycles. The third-order valence-electron chi connectivity index (χ3n) is 3.05. The summed E-state index contributed by atoms with van der Waals surface area (Å²) < 4.78 is 0. The Kier molecular flexibility index (Phi) is 5.52. The predicted octanol–water partition coefficient (Wildman–Crippen LogP) is 1.85. The molecule has 17 heavy (non-hydrogen) atoms. The fraction of sp³-hybridized carbons (Fsp3) is 0.667. The minimum absolute atomic E-state index is 0.0568. The van der Waals surface area contributed by atoms with E-state index in [1.165, 1.54) is 31.3 Å². The Labute approximate surface area is 101 Å². The molecule has 0 heterocycles. The van der Waals surface area contributed by atoms with Crippen LogP contribution in [0.5, 0.6) is 0 Å². The van der Waals surface area contributed by atoms with Gasteiger partial charge in [0.1, 0.15) is 0 Å². The van der Waals surface area contributed by atoms with E-state index in [9.17, 15) is 9.59 Å². The van der Waals surface area contributed by atoms with Crippen LogP contribution in [-0.2, 0) is 4.79 Å². The first kappa shape index (κ1) is 13.5. The average Bonchev–Trinajstić information content (AvgIpc) is 2.78. The minimum Gasteiger partial charge on any atom is -0.481 e. The number of hydrogen-bond acceptors (Lipinski definition) is 2. The lowest BCUT2D eigenvalue weighted by atomic mass is 10.0. The third-order valence-corrected chi connectivity index (χ3v) is 3.05. The average molecular weight is 240 g/mol. The van der Waals surface area contributed by atoms with Gasteiger partial charge >= 0.3 is 12.0 Å². The standard InChI is InChI=1S/C12H20N2O3/c1-9(10-4-2-3-5-10)8-14-12(17)13-7-6-11(15)16/h8,10H,2-7H2,1H3,(H,15,16)(H2,13,14,17)/b9-8+. The van der Waals surface area contributed by atoms with Gasteiger partial charge in [-0.1, -0.05) is 18.4 Å². The SMILES string of the molecule is C/C(=C\NC(=O)NCCC(=O)O)C1CCCC1. The molecule has 2 amide bonds. The Morgan fingerprint density at radius 2 is 2.00 bits per heavy atom. The Morgan fingerprint density at radius 3 is 2.59 bits per heavy atom. The number of amides is 2. The van der Waals surface area contributed by atoms with Crippen molar-refractivity contribution in [2.75, 3.05) is 6.54 Å². The molecule has 1 rings (SSSR count). The van der Waals surface area contributed by atoms with Crippen molar-refractivity contribution < 1.29 is 14.7 Å². The first-order valence-corrected chi connectivity index (χ1v) is 6.02. The zero-order chi connectivity index (χ0) is 12.7. The molecule has 0 aromatic carbocycles. The van der Waals surface area contributed by atoms with Crippen LogP contribution in [0.15, 0.2) is 11.8 Å². The number of carbonyl (C=O) groups excluding carboxylic acids is 1. The highest BCUT2D eigenvalue weighted by Gasteiger charge is 2.16. The van der Waals surface area contributed by atoms with Crippen molar-refractivity contribution in [1.82, 2.24) is 10.6 Å². The number of carbonyl (C=O) groups is 2. The van der Waals surface area contributed by atoms with Crippen molar-refractivity contribution in [3.63, 3.8) is 0 Å². The Hall–Kier alpha value is -1.52. The molecule has 5 heteroatoms. The molecular weight excluding hydrogens is 220 g/mol. The molecule has 0 spiro atoms. The molecule has 1 fully saturated rings. The van der Waals surface area contributed by atoms with E-state index in [1.807, 2.05) is 6.92 Å². The molecule has 0 aromatic rings. The second kappa shape index (κ2) is 6.93. The van der Waals surface area contributed by atoms with E-state index in [-0.39, 0.29) is 19.0 Å². The van der Waals surface area contributed by atoms with Gasteiger partial charge in [0.15, 0.2) is 0 Å². The maximum atomic E-state index is 11.3. The number of allylic oxidation sites excluding steroid dienone is 1. The van der Waals surface area contributed by atoms with E-state index in [4.69, 9.17) is 5.11 Å². The lowest BCUT2D eigenvalue weighted by molar-refractivity contribution is -0.136. The van der Waals surface area contributed by atoms with Crippen LogP contribution < -0.4 is 10.6 Å². The maximum Gasteiger partial charge on any atom is 0.318 e. The normalized spacial score (nSPS) is 16.9. The Balaban J connectivity index is 2.21. The van der Waals surface area contributed by atoms with Gasteiger partial charge in [-0.3, -0.25) is 4.79 Å². The van der Waals surface area contributed by atoms with Crippen LogP contribution in [0.2, 0.25) is 0 Å². The van der Waals surface area contributed by atoms with Crippen molar-refractivity contribution in [3.8, 4) is 0 Å². The van der Waals surface area contributed by atoms with E-state index in [0.717, 1.165) is 0 Å². The first-order chi connectivity index (χ1) is 8.09. The number of nitrogens with one attached hydrogen (secondary N) is 2. The molecule has 0 aromatic heterocycles. The van der Waals surface area contributed by atoms with E-state index >= 15 is 0 Å². The number of hydrogen-bond donors (Lipinski definition) is 3. The van der Waals surface area contributed by atoms with Crippen LogP contribution in [0.4, 0.5) is 4.79 Å². The van der Waals surface area contributed by atoms with Crippen LogP contribution in [0.3, 0.4) is 0 Å². The van der Waals surface area contributed by atoms with Gasteiger partial charge in [0, 0.05) is 12.7 Å².